The van der Waals surface area contributed by atoms with E-state index < -0.39 is 0 Å². The van der Waals surface area contributed by atoms with Crippen molar-refractivity contribution in [2.24, 2.45) is 5.92 Å². The molecule has 1 rings (SSSR count). The Morgan fingerprint density at radius 2 is 2.40 bits per heavy atom. The molecule has 0 radical (unpaired) electrons. The molecule has 0 saturated carbocycles. The lowest BCUT2D eigenvalue weighted by atomic mass is 9.96. The fraction of sp³-hybridized carbons (Fsp3) is 0.600. The van der Waals surface area contributed by atoms with Gasteiger partial charge in [-0.1, -0.05) is 44.1 Å². The van der Waals surface area contributed by atoms with E-state index in [0.717, 1.165) is 5.92 Å². The van der Waals surface area contributed by atoms with E-state index in [1.807, 2.05) is 0 Å². The minimum Gasteiger partial charge on any atom is -0.0837 e. The van der Waals surface area contributed by atoms with Crippen molar-refractivity contribution in [1.82, 2.24) is 0 Å². The van der Waals surface area contributed by atoms with E-state index in [9.17, 15) is 0 Å². The number of allylic oxidation sites excluding steroid dienone is 4. The van der Waals surface area contributed by atoms with Crippen LogP contribution < -0.4 is 0 Å². The molecule has 0 fully saturated rings. The van der Waals surface area contributed by atoms with Gasteiger partial charge < -0.3 is 0 Å². The predicted molar refractivity (Wildman–Crippen MR) is 45.9 cm³/mol. The summed E-state index contributed by atoms with van der Waals surface area (Å²) in [6.07, 6.45) is 10.7. The molecule has 0 saturated heterocycles. The standard InChI is InChI=1S/C10H16/c1-3-5-10-7-4-6-9(2)8-10/h4,7-9H,3,5-6H2,1-2H3. The Labute approximate surface area is 63.6 Å². The third-order valence-corrected chi connectivity index (χ3v) is 1.88. The first-order valence-electron chi connectivity index (χ1n) is 4.20. The van der Waals surface area contributed by atoms with Crippen molar-refractivity contribution in [2.75, 3.05) is 0 Å². The second-order valence-electron chi connectivity index (χ2n) is 3.11. The lowest BCUT2D eigenvalue weighted by molar-refractivity contribution is 0.718. The lowest BCUT2D eigenvalue weighted by Crippen LogP contribution is -1.94. The SMILES string of the molecule is CCCC1=CC(C)CC=C1. The molecule has 0 heteroatoms. The minimum atomic E-state index is 0.770. The molecule has 56 valence electrons. The molecular formula is C10H16. The molecule has 0 aromatic heterocycles. The van der Waals surface area contributed by atoms with Crippen molar-refractivity contribution >= 4 is 0 Å². The summed E-state index contributed by atoms with van der Waals surface area (Å²) in [5.41, 5.74) is 1.53. The smallest absolute Gasteiger partial charge is 0.0221 e. The van der Waals surface area contributed by atoms with Crippen LogP contribution in [-0.2, 0) is 0 Å². The van der Waals surface area contributed by atoms with Gasteiger partial charge in [-0.05, 0) is 18.8 Å². The van der Waals surface area contributed by atoms with Gasteiger partial charge in [-0.3, -0.25) is 0 Å². The molecular weight excluding hydrogens is 120 g/mol. The highest BCUT2D eigenvalue weighted by molar-refractivity contribution is 5.23. The van der Waals surface area contributed by atoms with Gasteiger partial charge in [-0.25, -0.2) is 0 Å². The second kappa shape index (κ2) is 3.60. The quantitative estimate of drug-likeness (QED) is 0.546. The van der Waals surface area contributed by atoms with E-state index in [-0.39, 0.29) is 0 Å². The Balaban J connectivity index is 2.49. The van der Waals surface area contributed by atoms with Crippen molar-refractivity contribution in [3.8, 4) is 0 Å². The van der Waals surface area contributed by atoms with Crippen molar-refractivity contribution in [1.29, 1.82) is 0 Å². The summed E-state index contributed by atoms with van der Waals surface area (Å²) < 4.78 is 0. The molecule has 0 aromatic rings. The lowest BCUT2D eigenvalue weighted by Gasteiger charge is -2.10. The summed E-state index contributed by atoms with van der Waals surface area (Å²) in [6.45, 7) is 4.51. The van der Waals surface area contributed by atoms with Gasteiger partial charge in [0.1, 0.15) is 0 Å². The minimum absolute atomic E-state index is 0.770. The zero-order chi connectivity index (χ0) is 7.40. The van der Waals surface area contributed by atoms with Crippen LogP contribution in [0.15, 0.2) is 23.8 Å². The van der Waals surface area contributed by atoms with Gasteiger partial charge in [0, 0.05) is 0 Å². The van der Waals surface area contributed by atoms with Crippen LogP contribution >= 0.6 is 0 Å². The third kappa shape index (κ3) is 2.02. The molecule has 0 aliphatic heterocycles. The molecule has 1 unspecified atom stereocenters. The van der Waals surface area contributed by atoms with Gasteiger partial charge in [0.05, 0.1) is 0 Å². The third-order valence-electron chi connectivity index (χ3n) is 1.88. The predicted octanol–water partition coefficient (Wildman–Crippen LogP) is 3.31. The first-order chi connectivity index (χ1) is 4.83. The Morgan fingerprint density at radius 1 is 1.60 bits per heavy atom. The molecule has 10 heavy (non-hydrogen) atoms. The van der Waals surface area contributed by atoms with Gasteiger partial charge in [-0.2, -0.15) is 0 Å². The zero-order valence-electron chi connectivity index (χ0n) is 6.93. The van der Waals surface area contributed by atoms with E-state index >= 15 is 0 Å². The van der Waals surface area contributed by atoms with Gasteiger partial charge in [0.25, 0.3) is 0 Å². The van der Waals surface area contributed by atoms with E-state index in [1.54, 1.807) is 0 Å². The summed E-state index contributed by atoms with van der Waals surface area (Å²) in [4.78, 5) is 0. The highest BCUT2D eigenvalue weighted by Crippen LogP contribution is 2.18. The Bertz CT molecular complexity index is 151. The van der Waals surface area contributed by atoms with Crippen molar-refractivity contribution in [2.45, 2.75) is 33.1 Å². The molecule has 0 spiro atoms. The average Bonchev–Trinajstić information content (AvgIpc) is 1.88. The summed E-state index contributed by atoms with van der Waals surface area (Å²) in [5.74, 6) is 0.770. The van der Waals surface area contributed by atoms with Crippen LogP contribution in [0.2, 0.25) is 0 Å². The summed E-state index contributed by atoms with van der Waals surface area (Å²) in [6, 6.07) is 0. The fourth-order valence-electron chi connectivity index (χ4n) is 1.38. The van der Waals surface area contributed by atoms with E-state index in [2.05, 4.69) is 32.1 Å². The van der Waals surface area contributed by atoms with Gasteiger partial charge in [-0.15, -0.1) is 0 Å². The molecule has 1 aliphatic carbocycles. The first-order valence-corrected chi connectivity index (χ1v) is 4.20. The first kappa shape index (κ1) is 7.59. The average molecular weight is 136 g/mol. The van der Waals surface area contributed by atoms with Crippen LogP contribution in [0.3, 0.4) is 0 Å². The Morgan fingerprint density at radius 3 is 3.00 bits per heavy atom. The van der Waals surface area contributed by atoms with Gasteiger partial charge in [0.15, 0.2) is 0 Å². The fourth-order valence-corrected chi connectivity index (χ4v) is 1.38. The van der Waals surface area contributed by atoms with Crippen molar-refractivity contribution in [3.63, 3.8) is 0 Å². The van der Waals surface area contributed by atoms with Crippen LogP contribution in [0.4, 0.5) is 0 Å². The van der Waals surface area contributed by atoms with Gasteiger partial charge >= 0.3 is 0 Å². The number of hydrogen-bond donors (Lipinski definition) is 0. The number of rotatable bonds is 2. The number of hydrogen-bond acceptors (Lipinski definition) is 0. The maximum atomic E-state index is 2.39. The van der Waals surface area contributed by atoms with E-state index in [1.165, 1.54) is 24.8 Å². The zero-order valence-corrected chi connectivity index (χ0v) is 6.93. The van der Waals surface area contributed by atoms with Crippen LogP contribution in [0, 0.1) is 5.92 Å². The van der Waals surface area contributed by atoms with Crippen LogP contribution in [0.25, 0.3) is 0 Å². The van der Waals surface area contributed by atoms with E-state index in [4.69, 9.17) is 0 Å². The monoisotopic (exact) mass is 136 g/mol. The maximum Gasteiger partial charge on any atom is -0.0221 e. The second-order valence-corrected chi connectivity index (χ2v) is 3.11. The molecule has 1 atom stereocenters. The van der Waals surface area contributed by atoms with Gasteiger partial charge in [0.2, 0.25) is 0 Å². The van der Waals surface area contributed by atoms with Crippen LogP contribution in [0.1, 0.15) is 33.1 Å². The molecule has 0 heterocycles. The Kier molecular flexibility index (Phi) is 2.73. The highest BCUT2D eigenvalue weighted by Gasteiger charge is 2.01. The summed E-state index contributed by atoms with van der Waals surface area (Å²) in [5, 5.41) is 0. The highest BCUT2D eigenvalue weighted by atomic mass is 14.1. The summed E-state index contributed by atoms with van der Waals surface area (Å²) in [7, 11) is 0. The molecule has 0 aromatic carbocycles. The molecule has 0 amide bonds. The summed E-state index contributed by atoms with van der Waals surface area (Å²) >= 11 is 0. The maximum absolute atomic E-state index is 2.39. The normalized spacial score (nSPS) is 24.6. The van der Waals surface area contributed by atoms with E-state index in [0.29, 0.717) is 0 Å². The molecule has 0 bridgehead atoms. The van der Waals surface area contributed by atoms with Crippen LogP contribution in [0.5, 0.6) is 0 Å². The molecule has 0 nitrogen and oxygen atoms in total. The largest absolute Gasteiger partial charge is 0.0837 e. The van der Waals surface area contributed by atoms with Crippen LogP contribution in [-0.4, -0.2) is 0 Å². The Hall–Kier alpha value is -0.520. The molecule has 1 aliphatic rings. The van der Waals surface area contributed by atoms with Crippen molar-refractivity contribution in [3.05, 3.63) is 23.8 Å². The van der Waals surface area contributed by atoms with Crippen molar-refractivity contribution < 1.29 is 0 Å². The molecule has 0 N–H and O–H groups in total. The topological polar surface area (TPSA) is 0 Å².